The van der Waals surface area contributed by atoms with Crippen molar-refractivity contribution in [3.63, 3.8) is 0 Å². The number of hydrogen-bond donors (Lipinski definition) is 1. The lowest BCUT2D eigenvalue weighted by atomic mass is 9.88. The largest absolute Gasteiger partial charge is 0.390 e. The highest BCUT2D eigenvalue weighted by Crippen LogP contribution is 2.23. The summed E-state index contributed by atoms with van der Waals surface area (Å²) in [4.78, 5) is 0. The SMILES string of the molecule is CCC(C)(O)Cc1c(C)cc(C)cc1C. The van der Waals surface area contributed by atoms with Gasteiger partial charge in [0.15, 0.2) is 0 Å². The Bertz CT molecular complexity index is 327. The average molecular weight is 206 g/mol. The average Bonchev–Trinajstić information content (AvgIpc) is 2.11. The lowest BCUT2D eigenvalue weighted by Gasteiger charge is -2.24. The standard InChI is InChI=1S/C14H22O/c1-6-14(5,15)9-13-11(3)7-10(2)8-12(13)4/h7-8,15H,6,9H2,1-5H3. The van der Waals surface area contributed by atoms with Crippen molar-refractivity contribution in [1.29, 1.82) is 0 Å². The predicted octanol–water partition coefficient (Wildman–Crippen LogP) is 3.32. The second-order valence-corrected chi connectivity index (χ2v) is 4.90. The smallest absolute Gasteiger partial charge is 0.0657 e. The number of benzene rings is 1. The number of aryl methyl sites for hydroxylation is 3. The molecule has 0 heterocycles. The maximum atomic E-state index is 10.1. The van der Waals surface area contributed by atoms with E-state index in [4.69, 9.17) is 0 Å². The molecule has 1 aromatic rings. The van der Waals surface area contributed by atoms with E-state index in [2.05, 4.69) is 32.9 Å². The van der Waals surface area contributed by atoms with Crippen molar-refractivity contribution in [2.45, 2.75) is 53.1 Å². The molecule has 0 amide bonds. The molecule has 0 radical (unpaired) electrons. The van der Waals surface area contributed by atoms with Crippen molar-refractivity contribution in [1.82, 2.24) is 0 Å². The molecule has 0 aromatic heterocycles. The summed E-state index contributed by atoms with van der Waals surface area (Å²) in [5, 5.41) is 10.1. The van der Waals surface area contributed by atoms with E-state index < -0.39 is 5.60 Å². The van der Waals surface area contributed by atoms with Gasteiger partial charge in [0.1, 0.15) is 0 Å². The molecule has 15 heavy (non-hydrogen) atoms. The van der Waals surface area contributed by atoms with Crippen LogP contribution < -0.4 is 0 Å². The van der Waals surface area contributed by atoms with Gasteiger partial charge in [-0.1, -0.05) is 24.6 Å². The van der Waals surface area contributed by atoms with Crippen LogP contribution in [0.5, 0.6) is 0 Å². The molecule has 1 heteroatoms. The maximum absolute atomic E-state index is 10.1. The molecule has 0 aliphatic heterocycles. The monoisotopic (exact) mass is 206 g/mol. The molecular weight excluding hydrogens is 184 g/mol. The minimum Gasteiger partial charge on any atom is -0.390 e. The minimum absolute atomic E-state index is 0.579. The second kappa shape index (κ2) is 4.36. The molecule has 0 aliphatic carbocycles. The fraction of sp³-hybridized carbons (Fsp3) is 0.571. The molecule has 0 saturated carbocycles. The topological polar surface area (TPSA) is 20.2 Å². The normalized spacial score (nSPS) is 15.1. The van der Waals surface area contributed by atoms with Gasteiger partial charge >= 0.3 is 0 Å². The van der Waals surface area contributed by atoms with Crippen molar-refractivity contribution in [3.05, 3.63) is 34.4 Å². The van der Waals surface area contributed by atoms with Gasteiger partial charge in [-0.3, -0.25) is 0 Å². The van der Waals surface area contributed by atoms with Gasteiger partial charge in [0, 0.05) is 6.42 Å². The summed E-state index contributed by atoms with van der Waals surface area (Å²) in [5.41, 5.74) is 4.60. The summed E-state index contributed by atoms with van der Waals surface area (Å²) in [7, 11) is 0. The molecule has 1 atom stereocenters. The first kappa shape index (κ1) is 12.3. The first-order valence-corrected chi connectivity index (χ1v) is 5.65. The first-order chi connectivity index (χ1) is 6.85. The Kier molecular flexibility index (Phi) is 3.56. The molecule has 0 saturated heterocycles. The summed E-state index contributed by atoms with van der Waals surface area (Å²) in [5.74, 6) is 0. The molecule has 0 spiro atoms. The Hall–Kier alpha value is -0.820. The van der Waals surface area contributed by atoms with Crippen LogP contribution in [0.15, 0.2) is 12.1 Å². The van der Waals surface area contributed by atoms with Crippen LogP contribution in [0.2, 0.25) is 0 Å². The van der Waals surface area contributed by atoms with E-state index in [9.17, 15) is 5.11 Å². The third-order valence-corrected chi connectivity index (χ3v) is 3.16. The molecular formula is C14H22O. The summed E-state index contributed by atoms with van der Waals surface area (Å²) in [6, 6.07) is 4.38. The lowest BCUT2D eigenvalue weighted by molar-refractivity contribution is 0.0561. The second-order valence-electron chi connectivity index (χ2n) is 4.90. The van der Waals surface area contributed by atoms with Gasteiger partial charge in [0.25, 0.3) is 0 Å². The van der Waals surface area contributed by atoms with Crippen molar-refractivity contribution >= 4 is 0 Å². The van der Waals surface area contributed by atoms with E-state index in [0.29, 0.717) is 0 Å². The van der Waals surface area contributed by atoms with E-state index in [1.165, 1.54) is 22.3 Å². The Labute approximate surface area is 93.1 Å². The van der Waals surface area contributed by atoms with Crippen LogP contribution in [0.3, 0.4) is 0 Å². The zero-order valence-corrected chi connectivity index (χ0v) is 10.5. The van der Waals surface area contributed by atoms with Crippen LogP contribution in [0, 0.1) is 20.8 Å². The van der Waals surface area contributed by atoms with E-state index in [0.717, 1.165) is 12.8 Å². The summed E-state index contributed by atoms with van der Waals surface area (Å²) < 4.78 is 0. The Balaban J connectivity index is 3.05. The predicted molar refractivity (Wildman–Crippen MR) is 65.3 cm³/mol. The van der Waals surface area contributed by atoms with Gasteiger partial charge in [0.05, 0.1) is 5.60 Å². The van der Waals surface area contributed by atoms with Crippen LogP contribution in [0.4, 0.5) is 0 Å². The quantitative estimate of drug-likeness (QED) is 0.804. The van der Waals surface area contributed by atoms with Crippen molar-refractivity contribution < 1.29 is 5.11 Å². The highest BCUT2D eigenvalue weighted by atomic mass is 16.3. The molecule has 1 rings (SSSR count). The number of rotatable bonds is 3. The zero-order valence-electron chi connectivity index (χ0n) is 10.5. The Morgan fingerprint density at radius 1 is 1.13 bits per heavy atom. The lowest BCUT2D eigenvalue weighted by Crippen LogP contribution is -2.26. The van der Waals surface area contributed by atoms with Crippen LogP contribution >= 0.6 is 0 Å². The van der Waals surface area contributed by atoms with Gasteiger partial charge in [-0.2, -0.15) is 0 Å². The fourth-order valence-electron chi connectivity index (χ4n) is 1.99. The van der Waals surface area contributed by atoms with Crippen molar-refractivity contribution in [3.8, 4) is 0 Å². The molecule has 1 unspecified atom stereocenters. The molecule has 0 bridgehead atoms. The molecule has 1 aromatic carbocycles. The van der Waals surface area contributed by atoms with Gasteiger partial charge in [-0.15, -0.1) is 0 Å². The van der Waals surface area contributed by atoms with Crippen LogP contribution in [-0.4, -0.2) is 10.7 Å². The zero-order chi connectivity index (χ0) is 11.6. The van der Waals surface area contributed by atoms with E-state index in [1.807, 2.05) is 13.8 Å². The van der Waals surface area contributed by atoms with E-state index >= 15 is 0 Å². The van der Waals surface area contributed by atoms with Gasteiger partial charge in [-0.05, 0) is 50.8 Å². The fourth-order valence-corrected chi connectivity index (χ4v) is 1.99. The molecule has 84 valence electrons. The third-order valence-electron chi connectivity index (χ3n) is 3.16. The highest BCUT2D eigenvalue weighted by Gasteiger charge is 2.20. The summed E-state index contributed by atoms with van der Waals surface area (Å²) in [6.45, 7) is 10.3. The molecule has 0 aliphatic rings. The maximum Gasteiger partial charge on any atom is 0.0657 e. The molecule has 1 nitrogen and oxygen atoms in total. The van der Waals surface area contributed by atoms with Gasteiger partial charge in [-0.25, -0.2) is 0 Å². The summed E-state index contributed by atoms with van der Waals surface area (Å²) >= 11 is 0. The van der Waals surface area contributed by atoms with Crippen LogP contribution in [0.25, 0.3) is 0 Å². The molecule has 0 fully saturated rings. The Morgan fingerprint density at radius 2 is 1.60 bits per heavy atom. The third kappa shape index (κ3) is 3.07. The number of aliphatic hydroxyl groups is 1. The minimum atomic E-state index is -0.579. The van der Waals surface area contributed by atoms with Crippen molar-refractivity contribution in [2.24, 2.45) is 0 Å². The summed E-state index contributed by atoms with van der Waals surface area (Å²) in [6.07, 6.45) is 1.54. The van der Waals surface area contributed by atoms with Crippen molar-refractivity contribution in [2.75, 3.05) is 0 Å². The van der Waals surface area contributed by atoms with E-state index in [1.54, 1.807) is 0 Å². The van der Waals surface area contributed by atoms with Gasteiger partial charge < -0.3 is 5.11 Å². The first-order valence-electron chi connectivity index (χ1n) is 5.65. The Morgan fingerprint density at radius 3 is 2.00 bits per heavy atom. The molecule has 1 N–H and O–H groups in total. The highest BCUT2D eigenvalue weighted by molar-refractivity contribution is 5.38. The van der Waals surface area contributed by atoms with Crippen LogP contribution in [-0.2, 0) is 6.42 Å². The van der Waals surface area contributed by atoms with E-state index in [-0.39, 0.29) is 0 Å². The van der Waals surface area contributed by atoms with Crippen LogP contribution in [0.1, 0.15) is 42.5 Å². The number of hydrogen-bond acceptors (Lipinski definition) is 1. The van der Waals surface area contributed by atoms with Gasteiger partial charge in [0.2, 0.25) is 0 Å².